The molecule has 0 saturated carbocycles. The first kappa shape index (κ1) is 15.3. The molecule has 2 rings (SSSR count). The van der Waals surface area contributed by atoms with Gasteiger partial charge in [-0.15, -0.1) is 0 Å². The van der Waals surface area contributed by atoms with Crippen LogP contribution in [0, 0.1) is 0 Å². The second-order valence-electron chi connectivity index (χ2n) is 4.57. The van der Waals surface area contributed by atoms with E-state index >= 15 is 0 Å². The number of benzene rings is 1. The summed E-state index contributed by atoms with van der Waals surface area (Å²) in [6, 6.07) is 4.46. The molecule has 0 atom stereocenters. The van der Waals surface area contributed by atoms with Gasteiger partial charge < -0.3 is 4.74 Å². The maximum absolute atomic E-state index is 12.3. The Morgan fingerprint density at radius 3 is 2.77 bits per heavy atom. The van der Waals surface area contributed by atoms with Crippen molar-refractivity contribution in [3.05, 3.63) is 51.9 Å². The van der Waals surface area contributed by atoms with Crippen molar-refractivity contribution in [2.24, 2.45) is 5.11 Å². The molecule has 1 aliphatic heterocycles. The molecule has 1 heterocycles. The number of hydrogen-bond acceptors (Lipinski definition) is 5. The quantitative estimate of drug-likeness (QED) is 0.207. The van der Waals surface area contributed by atoms with E-state index < -0.39 is 17.8 Å². The van der Waals surface area contributed by atoms with Gasteiger partial charge in [0.05, 0.1) is 23.4 Å². The molecule has 0 spiro atoms. The molecular weight excluding hydrogens is 288 g/mol. The molecule has 0 N–H and O–H groups in total. The van der Waals surface area contributed by atoms with Crippen molar-refractivity contribution in [1.82, 2.24) is 4.90 Å². The maximum atomic E-state index is 12.3. The minimum atomic E-state index is -0.591. The summed E-state index contributed by atoms with van der Waals surface area (Å²) >= 11 is 0. The number of carbonyl (C=O) groups is 3. The molecule has 1 aromatic carbocycles. The highest BCUT2D eigenvalue weighted by molar-refractivity contribution is 6.23. The summed E-state index contributed by atoms with van der Waals surface area (Å²) in [7, 11) is 0. The molecule has 0 radical (unpaired) electrons. The molecule has 8 nitrogen and oxygen atoms in total. The Bertz CT molecular complexity index is 734. The normalized spacial score (nSPS) is 12.7. The van der Waals surface area contributed by atoms with Crippen LogP contribution >= 0.6 is 0 Å². The van der Waals surface area contributed by atoms with Crippen LogP contribution in [-0.4, -0.2) is 35.8 Å². The van der Waals surface area contributed by atoms with Gasteiger partial charge in [0.2, 0.25) is 0 Å². The molecule has 0 fully saturated rings. The van der Waals surface area contributed by atoms with Crippen LogP contribution in [-0.2, 0) is 9.53 Å². The summed E-state index contributed by atoms with van der Waals surface area (Å²) < 4.78 is 4.87. The molecule has 8 heteroatoms. The van der Waals surface area contributed by atoms with Crippen LogP contribution in [0.3, 0.4) is 0 Å². The molecule has 22 heavy (non-hydrogen) atoms. The van der Waals surface area contributed by atoms with E-state index in [2.05, 4.69) is 16.6 Å². The first-order chi connectivity index (χ1) is 10.5. The van der Waals surface area contributed by atoms with E-state index in [0.29, 0.717) is 0 Å². The van der Waals surface area contributed by atoms with E-state index in [4.69, 9.17) is 10.3 Å². The summed E-state index contributed by atoms with van der Waals surface area (Å²) in [4.78, 5) is 39.3. The third-order valence-corrected chi connectivity index (χ3v) is 3.03. The van der Waals surface area contributed by atoms with E-state index in [0.717, 1.165) is 4.90 Å². The first-order valence-electron chi connectivity index (χ1n) is 6.34. The van der Waals surface area contributed by atoms with Crippen molar-refractivity contribution in [3.63, 3.8) is 0 Å². The van der Waals surface area contributed by atoms with E-state index in [1.807, 2.05) is 0 Å². The minimum Gasteiger partial charge on any atom is -0.460 e. The minimum absolute atomic E-state index is 0.0662. The summed E-state index contributed by atoms with van der Waals surface area (Å²) in [5.41, 5.74) is 9.07. The van der Waals surface area contributed by atoms with Gasteiger partial charge in [-0.1, -0.05) is 23.8 Å². The van der Waals surface area contributed by atoms with Gasteiger partial charge in [0, 0.05) is 10.5 Å². The van der Waals surface area contributed by atoms with Gasteiger partial charge in [-0.05, 0) is 18.5 Å². The number of fused-ring (bicyclic) bond motifs is 1. The standard InChI is InChI=1S/C14H12N4O4/c1-8(2)14(21)22-7-6-18-12(19)9-4-3-5-10(16-17-15)11(9)13(18)20/h3-5H,1,6-7H2,2H3. The van der Waals surface area contributed by atoms with E-state index in [9.17, 15) is 14.4 Å². The lowest BCUT2D eigenvalue weighted by Crippen LogP contribution is -2.33. The summed E-state index contributed by atoms with van der Waals surface area (Å²) in [6.07, 6.45) is 0. The lowest BCUT2D eigenvalue weighted by Gasteiger charge is -2.13. The molecule has 0 aliphatic carbocycles. The van der Waals surface area contributed by atoms with Gasteiger partial charge in [0.25, 0.3) is 11.8 Å². The Morgan fingerprint density at radius 1 is 1.41 bits per heavy atom. The molecule has 0 saturated heterocycles. The van der Waals surface area contributed by atoms with Crippen molar-refractivity contribution in [2.45, 2.75) is 6.92 Å². The van der Waals surface area contributed by atoms with E-state index in [1.165, 1.54) is 25.1 Å². The fraction of sp³-hybridized carbons (Fsp3) is 0.214. The van der Waals surface area contributed by atoms with Crippen LogP contribution in [0.4, 0.5) is 5.69 Å². The molecule has 0 unspecified atom stereocenters. The van der Waals surface area contributed by atoms with Crippen LogP contribution in [0.15, 0.2) is 35.5 Å². The van der Waals surface area contributed by atoms with Gasteiger partial charge in [0.15, 0.2) is 0 Å². The smallest absolute Gasteiger partial charge is 0.333 e. The van der Waals surface area contributed by atoms with Gasteiger partial charge in [-0.3, -0.25) is 14.5 Å². The Morgan fingerprint density at radius 2 is 2.14 bits per heavy atom. The molecule has 1 aromatic rings. The Labute approximate surface area is 125 Å². The maximum Gasteiger partial charge on any atom is 0.333 e. The molecule has 2 amide bonds. The fourth-order valence-electron chi connectivity index (χ4n) is 2.00. The van der Waals surface area contributed by atoms with Crippen LogP contribution in [0.1, 0.15) is 27.6 Å². The zero-order valence-electron chi connectivity index (χ0n) is 11.8. The number of rotatable bonds is 5. The van der Waals surface area contributed by atoms with Gasteiger partial charge in [-0.2, -0.15) is 0 Å². The van der Waals surface area contributed by atoms with Crippen LogP contribution < -0.4 is 0 Å². The average Bonchev–Trinajstić information content (AvgIpc) is 2.73. The van der Waals surface area contributed by atoms with E-state index in [1.54, 1.807) is 0 Å². The Kier molecular flexibility index (Phi) is 4.24. The van der Waals surface area contributed by atoms with Crippen molar-refractivity contribution in [1.29, 1.82) is 0 Å². The molecule has 1 aliphatic rings. The highest BCUT2D eigenvalue weighted by atomic mass is 16.5. The number of imide groups is 1. The number of azide groups is 1. The topological polar surface area (TPSA) is 112 Å². The van der Waals surface area contributed by atoms with Crippen molar-refractivity contribution in [2.75, 3.05) is 13.2 Å². The second kappa shape index (κ2) is 6.11. The number of ether oxygens (including phenoxy) is 1. The Balaban J connectivity index is 2.17. The first-order valence-corrected chi connectivity index (χ1v) is 6.34. The SMILES string of the molecule is C=C(C)C(=O)OCCN1C(=O)c2cccc(N=[N+]=[N-])c2C1=O. The third-order valence-electron chi connectivity index (χ3n) is 3.03. The highest BCUT2D eigenvalue weighted by Crippen LogP contribution is 2.31. The summed E-state index contributed by atoms with van der Waals surface area (Å²) in [5.74, 6) is -1.68. The number of hydrogen-bond donors (Lipinski definition) is 0. The molecule has 112 valence electrons. The molecular formula is C14H12N4O4. The molecule has 0 aromatic heterocycles. The number of carbonyl (C=O) groups excluding carboxylic acids is 3. The van der Waals surface area contributed by atoms with Crippen LogP contribution in [0.5, 0.6) is 0 Å². The average molecular weight is 300 g/mol. The van der Waals surface area contributed by atoms with E-state index in [-0.39, 0.29) is 35.5 Å². The van der Waals surface area contributed by atoms with Crippen LogP contribution in [0.2, 0.25) is 0 Å². The largest absolute Gasteiger partial charge is 0.460 e. The van der Waals surface area contributed by atoms with Crippen molar-refractivity contribution in [3.8, 4) is 0 Å². The fourth-order valence-corrected chi connectivity index (χ4v) is 2.00. The van der Waals surface area contributed by atoms with Crippen molar-refractivity contribution < 1.29 is 19.1 Å². The zero-order valence-corrected chi connectivity index (χ0v) is 11.8. The monoisotopic (exact) mass is 300 g/mol. The second-order valence-corrected chi connectivity index (χ2v) is 4.57. The van der Waals surface area contributed by atoms with Gasteiger partial charge in [0.1, 0.15) is 6.61 Å². The Hall–Kier alpha value is -3.12. The van der Waals surface area contributed by atoms with Crippen molar-refractivity contribution >= 4 is 23.5 Å². The number of nitrogens with zero attached hydrogens (tertiary/aromatic N) is 4. The summed E-state index contributed by atoms with van der Waals surface area (Å²) in [6.45, 7) is 4.71. The third kappa shape index (κ3) is 2.68. The van der Waals surface area contributed by atoms with Gasteiger partial charge in [-0.25, -0.2) is 4.79 Å². The lowest BCUT2D eigenvalue weighted by molar-refractivity contribution is -0.139. The zero-order chi connectivity index (χ0) is 16.3. The summed E-state index contributed by atoms with van der Waals surface area (Å²) in [5, 5.41) is 3.41. The number of esters is 1. The molecule has 0 bridgehead atoms. The lowest BCUT2D eigenvalue weighted by atomic mass is 10.1. The predicted octanol–water partition coefficient (Wildman–Crippen LogP) is 2.34. The highest BCUT2D eigenvalue weighted by Gasteiger charge is 2.36. The number of amides is 2. The predicted molar refractivity (Wildman–Crippen MR) is 76.4 cm³/mol. The van der Waals surface area contributed by atoms with Crippen LogP contribution in [0.25, 0.3) is 10.4 Å². The van der Waals surface area contributed by atoms with Gasteiger partial charge >= 0.3 is 5.97 Å².